The Balaban J connectivity index is 1.31. The lowest BCUT2D eigenvalue weighted by atomic mass is 9.96. The van der Waals surface area contributed by atoms with Crippen LogP contribution in [-0.2, 0) is 33.2 Å². The van der Waals surface area contributed by atoms with Gasteiger partial charge in [-0.15, -0.1) is 0 Å². The molecule has 3 aliphatic rings. The van der Waals surface area contributed by atoms with Gasteiger partial charge in [0.25, 0.3) is 0 Å². The van der Waals surface area contributed by atoms with E-state index in [2.05, 4.69) is 129 Å². The molecule has 0 aromatic carbocycles. The van der Waals surface area contributed by atoms with Gasteiger partial charge in [0.15, 0.2) is 18.9 Å². The van der Waals surface area contributed by atoms with E-state index in [0.29, 0.717) is 12.8 Å². The molecule has 17 unspecified atom stereocenters. The molecular formula is C97H171NO18. The molecule has 3 fully saturated rings. The van der Waals surface area contributed by atoms with Gasteiger partial charge in [-0.2, -0.15) is 0 Å². The van der Waals surface area contributed by atoms with Crippen LogP contribution in [0.25, 0.3) is 0 Å². The van der Waals surface area contributed by atoms with Crippen LogP contribution in [0.15, 0.2) is 109 Å². The fourth-order valence-corrected chi connectivity index (χ4v) is 15.4. The Morgan fingerprint density at radius 1 is 0.319 bits per heavy atom. The predicted molar refractivity (Wildman–Crippen MR) is 470 cm³/mol. The normalized spacial score (nSPS) is 25.0. The van der Waals surface area contributed by atoms with Crippen LogP contribution in [0, 0.1) is 0 Å². The summed E-state index contributed by atoms with van der Waals surface area (Å²) in [6.07, 6.45) is 79.1. The summed E-state index contributed by atoms with van der Waals surface area (Å²) in [6.45, 7) is 1.73. The van der Waals surface area contributed by atoms with Crippen molar-refractivity contribution in [3.05, 3.63) is 109 Å². The Kier molecular flexibility index (Phi) is 69.1. The van der Waals surface area contributed by atoms with Crippen LogP contribution < -0.4 is 5.32 Å². The zero-order valence-corrected chi connectivity index (χ0v) is 72.7. The van der Waals surface area contributed by atoms with Crippen LogP contribution in [0.4, 0.5) is 0 Å². The molecule has 1 amide bonds. The second-order valence-corrected chi connectivity index (χ2v) is 33.1. The van der Waals surface area contributed by atoms with Gasteiger partial charge in [0.1, 0.15) is 73.2 Å². The summed E-state index contributed by atoms with van der Waals surface area (Å²) in [5.41, 5.74) is 0. The van der Waals surface area contributed by atoms with E-state index in [1.54, 1.807) is 0 Å². The van der Waals surface area contributed by atoms with Crippen molar-refractivity contribution < 1.29 is 89.4 Å². The Labute approximate surface area is 704 Å². The van der Waals surface area contributed by atoms with Gasteiger partial charge >= 0.3 is 0 Å². The van der Waals surface area contributed by atoms with E-state index in [9.17, 15) is 61.0 Å². The number of ether oxygens (including phenoxy) is 6. The minimum Gasteiger partial charge on any atom is -0.394 e. The molecule has 19 nitrogen and oxygen atoms in total. The highest BCUT2D eigenvalue weighted by Gasteiger charge is 2.54. The molecule has 0 aromatic heterocycles. The smallest absolute Gasteiger partial charge is 0.220 e. The Morgan fingerprint density at radius 3 is 0.931 bits per heavy atom. The number of hydrogen-bond donors (Lipinski definition) is 12. The maximum atomic E-state index is 13.6. The van der Waals surface area contributed by atoms with Crippen molar-refractivity contribution in [3.63, 3.8) is 0 Å². The lowest BCUT2D eigenvalue weighted by Gasteiger charge is -2.48. The summed E-state index contributed by atoms with van der Waals surface area (Å²) in [5.74, 6) is -0.242. The van der Waals surface area contributed by atoms with Gasteiger partial charge in [-0.3, -0.25) is 4.79 Å². The number of hydrogen-bond acceptors (Lipinski definition) is 18. The lowest BCUT2D eigenvalue weighted by Crippen LogP contribution is -2.66. The number of aliphatic hydroxyl groups excluding tert-OH is 11. The van der Waals surface area contributed by atoms with E-state index in [1.165, 1.54) is 225 Å². The Hall–Kier alpha value is -3.55. The maximum Gasteiger partial charge on any atom is 0.220 e. The molecule has 19 heteroatoms. The fourth-order valence-electron chi connectivity index (χ4n) is 15.4. The van der Waals surface area contributed by atoms with Crippen molar-refractivity contribution in [2.75, 3.05) is 26.4 Å². The summed E-state index contributed by atoms with van der Waals surface area (Å²) in [5, 5.41) is 121. The average molecular weight is 1640 g/mol. The minimum atomic E-state index is -1.98. The first-order valence-electron chi connectivity index (χ1n) is 47.1. The second-order valence-electron chi connectivity index (χ2n) is 33.1. The largest absolute Gasteiger partial charge is 0.394 e. The van der Waals surface area contributed by atoms with E-state index < -0.39 is 124 Å². The topological polar surface area (TPSA) is 307 Å². The monoisotopic (exact) mass is 1640 g/mol. The molecule has 3 aliphatic heterocycles. The molecule has 3 rings (SSSR count). The summed E-state index contributed by atoms with van der Waals surface area (Å²) < 4.78 is 34.6. The Bertz CT molecular complexity index is 2520. The highest BCUT2D eigenvalue weighted by molar-refractivity contribution is 5.76. The van der Waals surface area contributed by atoms with Gasteiger partial charge in [-0.05, 0) is 83.5 Å². The van der Waals surface area contributed by atoms with Gasteiger partial charge in [0, 0.05) is 6.42 Å². The molecule has 0 aromatic rings. The number of unbranched alkanes of at least 4 members (excludes halogenated alkanes) is 42. The van der Waals surface area contributed by atoms with Crippen LogP contribution in [-0.4, -0.2) is 193 Å². The van der Waals surface area contributed by atoms with E-state index in [-0.39, 0.29) is 18.9 Å². The zero-order valence-electron chi connectivity index (χ0n) is 72.7. The molecule has 0 spiro atoms. The molecular weight excluding hydrogens is 1470 g/mol. The van der Waals surface area contributed by atoms with E-state index in [0.717, 1.165) is 109 Å². The first kappa shape index (κ1) is 107. The van der Waals surface area contributed by atoms with Gasteiger partial charge in [-0.1, -0.05) is 386 Å². The fraction of sp³-hybridized carbons (Fsp3) is 0.804. The highest BCUT2D eigenvalue weighted by atomic mass is 16.8. The number of rotatable bonds is 76. The van der Waals surface area contributed by atoms with Crippen LogP contribution in [0.3, 0.4) is 0 Å². The number of allylic oxidation sites excluding steroid dienone is 18. The average Bonchev–Trinajstić information content (AvgIpc) is 0.783. The molecule has 17 atom stereocenters. The zero-order chi connectivity index (χ0) is 83.8. The summed E-state index contributed by atoms with van der Waals surface area (Å²) in [4.78, 5) is 13.6. The van der Waals surface area contributed by atoms with Crippen LogP contribution in [0.5, 0.6) is 0 Å². The third kappa shape index (κ3) is 52.7. The number of aliphatic hydroxyl groups is 11. The van der Waals surface area contributed by atoms with Crippen molar-refractivity contribution in [1.29, 1.82) is 0 Å². The van der Waals surface area contributed by atoms with Crippen LogP contribution in [0.2, 0.25) is 0 Å². The molecule has 0 aliphatic carbocycles. The molecule has 12 N–H and O–H groups in total. The third-order valence-electron chi connectivity index (χ3n) is 22.9. The highest BCUT2D eigenvalue weighted by Crippen LogP contribution is 2.34. The van der Waals surface area contributed by atoms with Gasteiger partial charge in [0.2, 0.25) is 5.91 Å². The molecule has 116 heavy (non-hydrogen) atoms. The predicted octanol–water partition coefficient (Wildman–Crippen LogP) is 18.8. The minimum absolute atomic E-state index is 0.242. The number of amides is 1. The molecule has 3 saturated heterocycles. The quantitative estimate of drug-likeness (QED) is 0.0199. The molecule has 0 saturated carbocycles. The van der Waals surface area contributed by atoms with Crippen molar-refractivity contribution in [2.24, 2.45) is 0 Å². The first-order chi connectivity index (χ1) is 56.8. The van der Waals surface area contributed by atoms with E-state index >= 15 is 0 Å². The maximum absolute atomic E-state index is 13.6. The summed E-state index contributed by atoms with van der Waals surface area (Å²) in [6, 6.07) is -0.896. The van der Waals surface area contributed by atoms with Crippen molar-refractivity contribution >= 4 is 5.91 Å². The molecule has 0 bridgehead atoms. The lowest BCUT2D eigenvalue weighted by molar-refractivity contribution is -0.379. The molecule has 672 valence electrons. The van der Waals surface area contributed by atoms with Crippen LogP contribution in [0.1, 0.15) is 367 Å². The van der Waals surface area contributed by atoms with Gasteiger partial charge in [-0.25, -0.2) is 0 Å². The SMILES string of the molecule is CC/C=C\C/C=C\C/C=C\C/C=C\C/C=C\C/C=C\C/C=C\C/C=C\C/C=C\CCCCCCCCCCCCCCCC(=O)NC(COC1OC(CO)C(OC2OC(CO)C(OC3OC(CO)C(O)C(O)C3O)C(O)C2O)C(O)C1O)C(O)CCCCCCCCCCCCCCCCCCCCCCCCCCCCCCCC. The van der Waals surface area contributed by atoms with Crippen molar-refractivity contribution in [2.45, 2.75) is 471 Å². The van der Waals surface area contributed by atoms with Gasteiger partial charge < -0.3 is 89.9 Å². The third-order valence-corrected chi connectivity index (χ3v) is 22.9. The number of nitrogens with one attached hydrogen (secondary N) is 1. The van der Waals surface area contributed by atoms with Crippen molar-refractivity contribution in [3.8, 4) is 0 Å². The van der Waals surface area contributed by atoms with E-state index in [4.69, 9.17) is 28.4 Å². The number of carbonyl (C=O) groups is 1. The van der Waals surface area contributed by atoms with Crippen LogP contribution >= 0.6 is 0 Å². The van der Waals surface area contributed by atoms with Gasteiger partial charge in [0.05, 0.1) is 38.6 Å². The molecule has 0 radical (unpaired) electrons. The summed E-state index contributed by atoms with van der Waals surface area (Å²) in [7, 11) is 0. The Morgan fingerprint density at radius 2 is 0.595 bits per heavy atom. The first-order valence-corrected chi connectivity index (χ1v) is 47.1. The second kappa shape index (κ2) is 75.2. The summed E-state index contributed by atoms with van der Waals surface area (Å²) >= 11 is 0. The van der Waals surface area contributed by atoms with E-state index in [1.807, 2.05) is 0 Å². The van der Waals surface area contributed by atoms with Crippen molar-refractivity contribution in [1.82, 2.24) is 5.32 Å². The number of carbonyl (C=O) groups excluding carboxylic acids is 1. The standard InChI is InChI=1S/C97H171NO18/c1-3-5-7-9-11-13-15-17-19-21-23-25-27-29-31-33-35-36-37-38-39-40-41-42-43-44-45-47-49-51-53-55-57-59-61-63-65-67-69-71-73-75-85(103)98-80(81(102)74-72-70-68-66-64-62-60-58-56-54-52-50-48-46-34-32-30-28-26-24-22-20-18-16-14-12-10-8-6-4-2)79-111-95-91(109)88(106)93(83(77-100)113-95)116-97-92(110)89(107)94(84(78-101)114-97)115-96-90(108)87(105)86(104)82(76-99)112-96/h5,7,11,13,17,19,23,25,29,31,35-36,38-39,41-42,44-45,80-84,86-97,99-102,104-110H,3-4,6,8-10,12,14-16,18,20-22,24,26-28,30,32-34,37,40,43,46-79H2,1-2H3,(H,98,103)/b7-5-,13-11-,19-17-,25-23-,31-29-,36-35-,39-38-,42-41-,45-44-. The molecule has 3 heterocycles.